The van der Waals surface area contributed by atoms with E-state index in [0.29, 0.717) is 42.5 Å². The van der Waals surface area contributed by atoms with Gasteiger partial charge in [0.25, 0.3) is 17.5 Å². The van der Waals surface area contributed by atoms with Gasteiger partial charge in [0, 0.05) is 18.7 Å². The number of carbonyl (C=O) groups excluding carboxylic acids is 4. The lowest BCUT2D eigenvalue weighted by Crippen LogP contribution is -2.30. The minimum Gasteiger partial charge on any atom is -0.462 e. The Balaban J connectivity index is 1.42. The molecule has 9 heteroatoms. The Bertz CT molecular complexity index is 1130. The van der Waals surface area contributed by atoms with Gasteiger partial charge in [0.2, 0.25) is 0 Å². The number of fused-ring (bicyclic) bond motifs is 1. The van der Waals surface area contributed by atoms with Crippen LogP contribution in [0.15, 0.2) is 54.1 Å². The maximum Gasteiger partial charge on any atom is 0.341 e. The lowest BCUT2D eigenvalue weighted by atomic mass is 10.1. The molecule has 0 spiro atoms. The van der Waals surface area contributed by atoms with Crippen LogP contribution < -0.4 is 0 Å². The minimum absolute atomic E-state index is 0.103. The van der Waals surface area contributed by atoms with Crippen LogP contribution in [0.5, 0.6) is 0 Å². The zero-order valence-electron chi connectivity index (χ0n) is 18.7. The van der Waals surface area contributed by atoms with E-state index in [1.807, 2.05) is 0 Å². The molecule has 0 N–H and O–H groups in total. The van der Waals surface area contributed by atoms with Crippen molar-refractivity contribution in [2.75, 3.05) is 13.2 Å². The van der Waals surface area contributed by atoms with E-state index in [0.717, 1.165) is 6.42 Å². The van der Waals surface area contributed by atoms with Crippen LogP contribution in [0, 0.1) is 10.1 Å². The van der Waals surface area contributed by atoms with Crippen molar-refractivity contribution < 1.29 is 28.8 Å². The van der Waals surface area contributed by atoms with E-state index in [9.17, 15) is 29.3 Å². The summed E-state index contributed by atoms with van der Waals surface area (Å²) in [5.41, 5.74) is 0.875. The predicted molar refractivity (Wildman–Crippen MR) is 123 cm³/mol. The van der Waals surface area contributed by atoms with Crippen LogP contribution in [-0.2, 0) is 14.3 Å². The summed E-state index contributed by atoms with van der Waals surface area (Å²) in [6.07, 6.45) is 3.90. The maximum absolute atomic E-state index is 12.3. The molecule has 2 amide bonds. The van der Waals surface area contributed by atoms with Gasteiger partial charge in [-0.1, -0.05) is 30.7 Å². The van der Waals surface area contributed by atoms with Crippen LogP contribution in [0.1, 0.15) is 58.9 Å². The molecule has 1 heterocycles. The number of nitro groups is 1. The molecule has 1 aliphatic heterocycles. The van der Waals surface area contributed by atoms with Crippen LogP contribution in [0.2, 0.25) is 0 Å². The second-order valence-electron chi connectivity index (χ2n) is 7.82. The molecule has 2 aromatic carbocycles. The zero-order chi connectivity index (χ0) is 24.7. The Morgan fingerprint density at radius 3 is 2.24 bits per heavy atom. The highest BCUT2D eigenvalue weighted by Gasteiger charge is 2.34. The molecule has 0 fully saturated rings. The van der Waals surface area contributed by atoms with Gasteiger partial charge in [0.05, 0.1) is 22.7 Å². The van der Waals surface area contributed by atoms with Crippen LogP contribution in [-0.4, -0.2) is 46.5 Å². The van der Waals surface area contributed by atoms with Crippen LogP contribution >= 0.6 is 0 Å². The van der Waals surface area contributed by atoms with Gasteiger partial charge < -0.3 is 4.74 Å². The largest absolute Gasteiger partial charge is 0.462 e. The summed E-state index contributed by atoms with van der Waals surface area (Å²) in [5, 5.41) is 10.9. The number of hydrogen-bond acceptors (Lipinski definition) is 7. The third-order valence-electron chi connectivity index (χ3n) is 5.38. The van der Waals surface area contributed by atoms with Crippen molar-refractivity contribution in [3.63, 3.8) is 0 Å². The number of amides is 2. The number of ether oxygens (including phenoxy) is 1. The molecule has 1 aliphatic rings. The number of esters is 1. The fourth-order valence-corrected chi connectivity index (χ4v) is 3.61. The summed E-state index contributed by atoms with van der Waals surface area (Å²) in [5.74, 6) is -1.84. The van der Waals surface area contributed by atoms with Crippen molar-refractivity contribution in [1.82, 2.24) is 4.90 Å². The topological polar surface area (TPSA) is 124 Å². The number of imide groups is 1. The van der Waals surface area contributed by atoms with Gasteiger partial charge >= 0.3 is 5.97 Å². The second kappa shape index (κ2) is 11.1. The highest BCUT2D eigenvalue weighted by molar-refractivity contribution is 6.21. The monoisotopic (exact) mass is 464 g/mol. The lowest BCUT2D eigenvalue weighted by Gasteiger charge is -2.13. The number of hydrogen-bond donors (Lipinski definition) is 0. The van der Waals surface area contributed by atoms with Crippen molar-refractivity contribution in [2.45, 2.75) is 32.6 Å². The Morgan fingerprint density at radius 2 is 1.62 bits per heavy atom. The van der Waals surface area contributed by atoms with Gasteiger partial charge in [-0.3, -0.25) is 29.4 Å². The van der Waals surface area contributed by atoms with Gasteiger partial charge in [0.1, 0.15) is 5.57 Å². The first-order valence-corrected chi connectivity index (χ1v) is 10.9. The quantitative estimate of drug-likeness (QED) is 0.0720. The molecular formula is C25H24N2O7. The maximum atomic E-state index is 12.3. The molecule has 34 heavy (non-hydrogen) atoms. The Labute approximate surface area is 196 Å². The normalized spacial score (nSPS) is 13.1. The van der Waals surface area contributed by atoms with Crippen LogP contribution in [0.3, 0.4) is 0 Å². The molecule has 0 radical (unpaired) electrons. The van der Waals surface area contributed by atoms with E-state index in [4.69, 9.17) is 4.74 Å². The molecule has 0 bridgehead atoms. The SMILES string of the molecule is CC(=O)C(=Cc1cccc([N+](=O)[O-])c1)C(=O)OCCCCCCN1C(=O)c2ccccc2C1=O. The molecule has 0 aliphatic carbocycles. The van der Waals surface area contributed by atoms with E-state index >= 15 is 0 Å². The molecule has 3 rings (SSSR count). The molecule has 0 unspecified atom stereocenters. The fourth-order valence-electron chi connectivity index (χ4n) is 3.61. The Morgan fingerprint density at radius 1 is 0.971 bits per heavy atom. The number of unbranched alkanes of at least 4 members (excludes halogenated alkanes) is 3. The van der Waals surface area contributed by atoms with E-state index in [-0.39, 0.29) is 29.7 Å². The number of Topliss-reactive ketones (excluding diaryl/α,β-unsaturated/α-hetero) is 1. The van der Waals surface area contributed by atoms with E-state index < -0.39 is 16.7 Å². The standard InChI is InChI=1S/C25H24N2O7/c1-17(28)22(16-18-9-8-10-19(15-18)27(32)33)25(31)34-14-7-3-2-6-13-26-23(29)20-11-4-5-12-21(20)24(26)30/h4-5,8-12,15-16H,2-3,6-7,13-14H2,1H3. The first-order chi connectivity index (χ1) is 16.3. The highest BCUT2D eigenvalue weighted by Crippen LogP contribution is 2.23. The average Bonchev–Trinajstić information content (AvgIpc) is 3.06. The highest BCUT2D eigenvalue weighted by atomic mass is 16.6. The number of benzene rings is 2. The Kier molecular flexibility index (Phi) is 8.02. The molecule has 9 nitrogen and oxygen atoms in total. The van der Waals surface area contributed by atoms with Crippen molar-refractivity contribution in [3.05, 3.63) is 80.9 Å². The van der Waals surface area contributed by atoms with Crippen LogP contribution in [0.4, 0.5) is 5.69 Å². The summed E-state index contributed by atoms with van der Waals surface area (Å²) in [6.45, 7) is 1.65. The average molecular weight is 464 g/mol. The third-order valence-corrected chi connectivity index (χ3v) is 5.38. The predicted octanol–water partition coefficient (Wildman–Crippen LogP) is 3.97. The Hall–Kier alpha value is -4.14. The molecule has 0 atom stereocenters. The number of nitrogens with zero attached hydrogens (tertiary/aromatic N) is 2. The number of rotatable bonds is 11. The van der Waals surface area contributed by atoms with Crippen molar-refractivity contribution in [2.24, 2.45) is 0 Å². The third kappa shape index (κ3) is 5.80. The molecule has 0 saturated carbocycles. The van der Waals surface area contributed by atoms with Crippen molar-refractivity contribution in [3.8, 4) is 0 Å². The van der Waals surface area contributed by atoms with E-state index in [2.05, 4.69) is 0 Å². The summed E-state index contributed by atoms with van der Waals surface area (Å²) >= 11 is 0. The molecule has 0 aromatic heterocycles. The summed E-state index contributed by atoms with van der Waals surface area (Å²) in [6, 6.07) is 12.4. The van der Waals surface area contributed by atoms with Gasteiger partial charge in [-0.2, -0.15) is 0 Å². The van der Waals surface area contributed by atoms with Crippen molar-refractivity contribution >= 4 is 35.3 Å². The molecular weight excluding hydrogens is 440 g/mol. The van der Waals surface area contributed by atoms with Crippen molar-refractivity contribution in [1.29, 1.82) is 0 Å². The van der Waals surface area contributed by atoms with E-state index in [1.54, 1.807) is 30.3 Å². The molecule has 2 aromatic rings. The van der Waals surface area contributed by atoms with Gasteiger partial charge in [-0.15, -0.1) is 0 Å². The fraction of sp³-hybridized carbons (Fsp3) is 0.280. The zero-order valence-corrected chi connectivity index (χ0v) is 18.7. The number of non-ortho nitro benzene ring substituents is 1. The van der Waals surface area contributed by atoms with Gasteiger partial charge in [-0.25, -0.2) is 4.79 Å². The van der Waals surface area contributed by atoms with E-state index in [1.165, 1.54) is 36.1 Å². The lowest BCUT2D eigenvalue weighted by molar-refractivity contribution is -0.384. The molecule has 0 saturated heterocycles. The molecule has 176 valence electrons. The summed E-state index contributed by atoms with van der Waals surface area (Å²) in [4.78, 5) is 60.5. The van der Waals surface area contributed by atoms with Crippen LogP contribution in [0.25, 0.3) is 6.08 Å². The second-order valence-corrected chi connectivity index (χ2v) is 7.82. The van der Waals surface area contributed by atoms with Gasteiger partial charge in [-0.05, 0) is 50.0 Å². The first-order valence-electron chi connectivity index (χ1n) is 10.9. The smallest absolute Gasteiger partial charge is 0.341 e. The number of carbonyl (C=O) groups is 4. The summed E-state index contributed by atoms with van der Waals surface area (Å²) in [7, 11) is 0. The first kappa shape index (κ1) is 24.5. The van der Waals surface area contributed by atoms with Gasteiger partial charge in [0.15, 0.2) is 5.78 Å². The number of ketones is 1. The summed E-state index contributed by atoms with van der Waals surface area (Å²) < 4.78 is 5.19. The minimum atomic E-state index is -0.787. The number of nitro benzene ring substituents is 1.